The zero-order valence-corrected chi connectivity index (χ0v) is 14.2. The van der Waals surface area contributed by atoms with Gasteiger partial charge in [-0.2, -0.15) is 4.31 Å². The second-order valence-electron chi connectivity index (χ2n) is 6.31. The Morgan fingerprint density at radius 3 is 2.59 bits per heavy atom. The van der Waals surface area contributed by atoms with E-state index in [1.54, 1.807) is 0 Å². The van der Waals surface area contributed by atoms with E-state index in [9.17, 15) is 13.2 Å². The van der Waals surface area contributed by atoms with Crippen LogP contribution in [-0.4, -0.2) is 56.7 Å². The summed E-state index contributed by atoms with van der Waals surface area (Å²) in [6.07, 6.45) is 9.80. The number of amides is 1. The molecule has 1 aliphatic heterocycles. The van der Waals surface area contributed by atoms with Crippen molar-refractivity contribution in [2.24, 2.45) is 0 Å². The molecule has 0 aromatic heterocycles. The first-order valence-electron chi connectivity index (χ1n) is 8.34. The number of sulfonamides is 1. The molecule has 0 aromatic carbocycles. The maximum atomic E-state index is 12.1. The molecule has 128 valence electrons. The van der Waals surface area contributed by atoms with E-state index in [0.29, 0.717) is 32.2 Å². The summed E-state index contributed by atoms with van der Waals surface area (Å²) in [5, 5.41) is 2.84. The molecule has 0 radical (unpaired) electrons. The van der Waals surface area contributed by atoms with Crippen LogP contribution in [0.1, 0.15) is 51.4 Å². The highest BCUT2D eigenvalue weighted by Crippen LogP contribution is 2.21. The molecular weight excluding hydrogens is 304 g/mol. The topological polar surface area (TPSA) is 75.7 Å². The van der Waals surface area contributed by atoms with Gasteiger partial charge in [-0.25, -0.2) is 8.42 Å². The molecule has 0 aromatic rings. The minimum Gasteiger partial charge on any atom is -0.378 e. The average molecular weight is 332 g/mol. The molecule has 1 saturated carbocycles. The second-order valence-corrected chi connectivity index (χ2v) is 8.24. The van der Waals surface area contributed by atoms with Gasteiger partial charge in [-0.15, -0.1) is 0 Å². The number of carbonyl (C=O) groups excluding carboxylic acids is 1. The number of nitrogens with one attached hydrogen (secondary N) is 1. The minimum atomic E-state index is -3.30. The van der Waals surface area contributed by atoms with Crippen molar-refractivity contribution < 1.29 is 17.9 Å². The average Bonchev–Trinajstić information content (AvgIpc) is 2.97. The SMILES string of the molecule is CS(=O)(=O)N1CCCC1C(=O)NCCCOC1CCCCC1. The van der Waals surface area contributed by atoms with Crippen LogP contribution in [-0.2, 0) is 19.6 Å². The molecule has 6 nitrogen and oxygen atoms in total. The molecule has 0 spiro atoms. The van der Waals surface area contributed by atoms with Gasteiger partial charge >= 0.3 is 0 Å². The summed E-state index contributed by atoms with van der Waals surface area (Å²) in [7, 11) is -3.30. The van der Waals surface area contributed by atoms with Crippen molar-refractivity contribution in [3.63, 3.8) is 0 Å². The lowest BCUT2D eigenvalue weighted by atomic mass is 9.98. The van der Waals surface area contributed by atoms with Gasteiger partial charge in [-0.3, -0.25) is 4.79 Å². The van der Waals surface area contributed by atoms with E-state index >= 15 is 0 Å². The van der Waals surface area contributed by atoms with E-state index < -0.39 is 16.1 Å². The Morgan fingerprint density at radius 1 is 1.18 bits per heavy atom. The Hall–Kier alpha value is -0.660. The number of hydrogen-bond acceptors (Lipinski definition) is 4. The Balaban J connectivity index is 1.63. The summed E-state index contributed by atoms with van der Waals surface area (Å²) in [4.78, 5) is 12.1. The number of ether oxygens (including phenoxy) is 1. The van der Waals surface area contributed by atoms with Gasteiger partial charge in [0.25, 0.3) is 0 Å². The van der Waals surface area contributed by atoms with E-state index in [-0.39, 0.29) is 5.91 Å². The van der Waals surface area contributed by atoms with Gasteiger partial charge < -0.3 is 10.1 Å². The lowest BCUT2D eigenvalue weighted by Gasteiger charge is -2.23. The lowest BCUT2D eigenvalue weighted by Crippen LogP contribution is -2.45. The fourth-order valence-corrected chi connectivity index (χ4v) is 4.41. The number of rotatable bonds is 7. The molecule has 1 atom stereocenters. The maximum absolute atomic E-state index is 12.1. The highest BCUT2D eigenvalue weighted by Gasteiger charge is 2.36. The molecule has 1 saturated heterocycles. The third-order valence-electron chi connectivity index (χ3n) is 4.46. The smallest absolute Gasteiger partial charge is 0.238 e. The van der Waals surface area contributed by atoms with Crippen LogP contribution in [0, 0.1) is 0 Å². The largest absolute Gasteiger partial charge is 0.378 e. The van der Waals surface area contributed by atoms with Crippen molar-refractivity contribution in [3.8, 4) is 0 Å². The highest BCUT2D eigenvalue weighted by molar-refractivity contribution is 7.88. The van der Waals surface area contributed by atoms with Crippen LogP contribution in [0.5, 0.6) is 0 Å². The first-order chi connectivity index (χ1) is 10.5. The van der Waals surface area contributed by atoms with Crippen molar-refractivity contribution in [2.75, 3.05) is 26.0 Å². The fourth-order valence-electron chi connectivity index (χ4n) is 3.28. The summed E-state index contributed by atoms with van der Waals surface area (Å²) in [6, 6.07) is -0.533. The predicted molar refractivity (Wildman–Crippen MR) is 85.0 cm³/mol. The molecule has 1 unspecified atom stereocenters. The predicted octanol–water partition coefficient (Wildman–Crippen LogP) is 1.27. The Labute approximate surface area is 133 Å². The van der Waals surface area contributed by atoms with Crippen LogP contribution >= 0.6 is 0 Å². The third-order valence-corrected chi connectivity index (χ3v) is 5.75. The molecule has 1 heterocycles. The standard InChI is InChI=1S/C15H28N2O4S/c1-22(19,20)17-11-5-9-14(17)15(18)16-10-6-12-21-13-7-3-2-4-8-13/h13-14H,2-12H2,1H3,(H,16,18). The molecular formula is C15H28N2O4S. The van der Waals surface area contributed by atoms with Crippen LogP contribution < -0.4 is 5.32 Å². The molecule has 1 N–H and O–H groups in total. The molecule has 0 bridgehead atoms. The van der Waals surface area contributed by atoms with Gasteiger partial charge in [0, 0.05) is 19.7 Å². The van der Waals surface area contributed by atoms with E-state index in [1.807, 2.05) is 0 Å². The third kappa shape index (κ3) is 5.21. The van der Waals surface area contributed by atoms with Crippen molar-refractivity contribution in [2.45, 2.75) is 63.5 Å². The van der Waals surface area contributed by atoms with Crippen molar-refractivity contribution in [1.82, 2.24) is 9.62 Å². The van der Waals surface area contributed by atoms with Gasteiger partial charge in [0.15, 0.2) is 0 Å². The van der Waals surface area contributed by atoms with Crippen LogP contribution in [0.3, 0.4) is 0 Å². The van der Waals surface area contributed by atoms with Crippen LogP contribution in [0.15, 0.2) is 0 Å². The molecule has 1 aliphatic carbocycles. The minimum absolute atomic E-state index is 0.180. The zero-order valence-electron chi connectivity index (χ0n) is 13.4. The summed E-state index contributed by atoms with van der Waals surface area (Å²) >= 11 is 0. The van der Waals surface area contributed by atoms with Crippen molar-refractivity contribution >= 4 is 15.9 Å². The van der Waals surface area contributed by atoms with Crippen LogP contribution in [0.4, 0.5) is 0 Å². The second kappa shape index (κ2) is 8.26. The Bertz CT molecular complexity index is 460. The summed E-state index contributed by atoms with van der Waals surface area (Å²) in [6.45, 7) is 1.65. The molecule has 2 aliphatic rings. The van der Waals surface area contributed by atoms with E-state index in [4.69, 9.17) is 4.74 Å². The van der Waals surface area contributed by atoms with Gasteiger partial charge in [-0.05, 0) is 32.1 Å². The molecule has 22 heavy (non-hydrogen) atoms. The van der Waals surface area contributed by atoms with Gasteiger partial charge in [0.2, 0.25) is 15.9 Å². The van der Waals surface area contributed by atoms with E-state index in [0.717, 1.165) is 31.9 Å². The monoisotopic (exact) mass is 332 g/mol. The zero-order chi connectivity index (χ0) is 16.0. The summed E-state index contributed by atoms with van der Waals surface area (Å²) < 4.78 is 30.4. The normalized spacial score (nSPS) is 24.5. The van der Waals surface area contributed by atoms with Crippen LogP contribution in [0.25, 0.3) is 0 Å². The van der Waals surface area contributed by atoms with Gasteiger partial charge in [-0.1, -0.05) is 19.3 Å². The van der Waals surface area contributed by atoms with Crippen LogP contribution in [0.2, 0.25) is 0 Å². The number of carbonyl (C=O) groups is 1. The number of hydrogen-bond donors (Lipinski definition) is 1. The Morgan fingerprint density at radius 2 is 1.91 bits per heavy atom. The first kappa shape index (κ1) is 17.7. The first-order valence-corrected chi connectivity index (χ1v) is 10.2. The summed E-state index contributed by atoms with van der Waals surface area (Å²) in [5.74, 6) is -0.180. The number of nitrogens with zero attached hydrogens (tertiary/aromatic N) is 1. The lowest BCUT2D eigenvalue weighted by molar-refractivity contribution is -0.124. The fraction of sp³-hybridized carbons (Fsp3) is 0.933. The molecule has 2 rings (SSSR count). The quantitative estimate of drug-likeness (QED) is 0.712. The van der Waals surface area contributed by atoms with E-state index in [1.165, 1.54) is 23.6 Å². The molecule has 1 amide bonds. The molecule has 7 heteroatoms. The Kier molecular flexibility index (Phi) is 6.65. The van der Waals surface area contributed by atoms with Gasteiger partial charge in [0.1, 0.15) is 6.04 Å². The van der Waals surface area contributed by atoms with Gasteiger partial charge in [0.05, 0.1) is 12.4 Å². The van der Waals surface area contributed by atoms with Crippen molar-refractivity contribution in [3.05, 3.63) is 0 Å². The maximum Gasteiger partial charge on any atom is 0.238 e. The van der Waals surface area contributed by atoms with Crippen molar-refractivity contribution in [1.29, 1.82) is 0 Å². The van der Waals surface area contributed by atoms with E-state index in [2.05, 4.69) is 5.32 Å². The molecule has 2 fully saturated rings. The highest BCUT2D eigenvalue weighted by atomic mass is 32.2. The summed E-state index contributed by atoms with van der Waals surface area (Å²) in [5.41, 5.74) is 0.